The molecule has 0 bridgehead atoms. The van der Waals surface area contributed by atoms with Crippen molar-refractivity contribution >= 4 is 5.84 Å². The molecule has 5 heteroatoms. The molecule has 1 heterocycles. The number of amidine groups is 1. The van der Waals surface area contributed by atoms with E-state index in [4.69, 9.17) is 19.2 Å². The summed E-state index contributed by atoms with van der Waals surface area (Å²) in [5.74, 6) is 3.25. The van der Waals surface area contributed by atoms with Crippen LogP contribution in [0.25, 0.3) is 0 Å². The molecule has 0 amide bonds. The van der Waals surface area contributed by atoms with Crippen LogP contribution in [0.15, 0.2) is 40.5 Å². The van der Waals surface area contributed by atoms with Crippen molar-refractivity contribution in [2.45, 2.75) is 39.2 Å². The van der Waals surface area contributed by atoms with Crippen molar-refractivity contribution in [3.05, 3.63) is 41.1 Å². The summed E-state index contributed by atoms with van der Waals surface area (Å²) in [7, 11) is 4.86. The number of ether oxygens (including phenoxy) is 3. The first kappa shape index (κ1) is 18.4. The molecule has 2 aliphatic rings. The molecule has 1 aromatic rings. The summed E-state index contributed by atoms with van der Waals surface area (Å²) < 4.78 is 16.4. The molecule has 1 aliphatic heterocycles. The second kappa shape index (κ2) is 7.85. The minimum Gasteiger partial charge on any atom is -0.493 e. The van der Waals surface area contributed by atoms with Gasteiger partial charge in [0.25, 0.3) is 0 Å². The van der Waals surface area contributed by atoms with Gasteiger partial charge in [-0.3, -0.25) is 4.99 Å². The number of methoxy groups -OCH3 is 3. The number of rotatable bonds is 6. The molecule has 0 fully saturated rings. The number of hydrogen-bond acceptors (Lipinski definition) is 5. The summed E-state index contributed by atoms with van der Waals surface area (Å²) in [6, 6.07) is 4.02. The van der Waals surface area contributed by atoms with E-state index in [9.17, 15) is 0 Å². The summed E-state index contributed by atoms with van der Waals surface area (Å²) in [6.07, 6.45) is 7.94. The molecule has 140 valence electrons. The van der Waals surface area contributed by atoms with Gasteiger partial charge in [-0.05, 0) is 49.5 Å². The van der Waals surface area contributed by atoms with Crippen LogP contribution >= 0.6 is 0 Å². The van der Waals surface area contributed by atoms with Crippen molar-refractivity contribution in [2.24, 2.45) is 10.9 Å². The standard InChI is InChI=1S/C21H28N2O3/c1-6-8-14-9-7-10-16-19(14)13(2)22-21(23-16)15-11-17(24-3)20(26-5)18(12-15)25-4/h7,10-14H,6,8-9H2,1-5H3,(H,22,23). The van der Waals surface area contributed by atoms with Crippen LogP contribution in [-0.2, 0) is 0 Å². The predicted octanol–water partition coefficient (Wildman–Crippen LogP) is 4.08. The molecule has 2 unspecified atom stereocenters. The predicted molar refractivity (Wildman–Crippen MR) is 104 cm³/mol. The van der Waals surface area contributed by atoms with Crippen LogP contribution in [0.2, 0.25) is 0 Å². The minimum atomic E-state index is 0.154. The second-order valence-electron chi connectivity index (χ2n) is 6.69. The number of nitrogens with zero attached hydrogens (tertiary/aromatic N) is 1. The first-order valence-corrected chi connectivity index (χ1v) is 9.18. The van der Waals surface area contributed by atoms with E-state index in [1.165, 1.54) is 24.1 Å². The van der Waals surface area contributed by atoms with E-state index in [2.05, 4.69) is 31.3 Å². The zero-order valence-electron chi connectivity index (χ0n) is 16.3. The van der Waals surface area contributed by atoms with Gasteiger partial charge in [-0.15, -0.1) is 0 Å². The zero-order valence-corrected chi connectivity index (χ0v) is 16.3. The molecule has 0 aromatic heterocycles. The van der Waals surface area contributed by atoms with Crippen molar-refractivity contribution in [1.82, 2.24) is 5.32 Å². The first-order valence-electron chi connectivity index (χ1n) is 9.18. The summed E-state index contributed by atoms with van der Waals surface area (Å²) in [6.45, 7) is 4.42. The largest absolute Gasteiger partial charge is 0.493 e. The fourth-order valence-corrected chi connectivity index (χ4v) is 3.88. The Morgan fingerprint density at radius 1 is 1.12 bits per heavy atom. The Hall–Kier alpha value is -2.43. The van der Waals surface area contributed by atoms with E-state index >= 15 is 0 Å². The van der Waals surface area contributed by atoms with Crippen LogP contribution in [0.5, 0.6) is 17.2 Å². The van der Waals surface area contributed by atoms with Crippen molar-refractivity contribution in [3.63, 3.8) is 0 Å². The van der Waals surface area contributed by atoms with Gasteiger partial charge in [0.1, 0.15) is 5.84 Å². The van der Waals surface area contributed by atoms with Gasteiger partial charge in [0.15, 0.2) is 11.5 Å². The quantitative estimate of drug-likeness (QED) is 0.834. The number of aliphatic imine (C=N–C) groups is 1. The monoisotopic (exact) mass is 356 g/mol. The van der Waals surface area contributed by atoms with Gasteiger partial charge in [0, 0.05) is 11.3 Å². The van der Waals surface area contributed by atoms with E-state index in [0.29, 0.717) is 23.2 Å². The Morgan fingerprint density at radius 2 is 1.81 bits per heavy atom. The van der Waals surface area contributed by atoms with Gasteiger partial charge in [-0.2, -0.15) is 0 Å². The third-order valence-corrected chi connectivity index (χ3v) is 5.06. The van der Waals surface area contributed by atoms with E-state index in [0.717, 1.165) is 17.8 Å². The number of hydrogen-bond donors (Lipinski definition) is 1. The van der Waals surface area contributed by atoms with Crippen LogP contribution in [0.1, 0.15) is 38.7 Å². The van der Waals surface area contributed by atoms with Crippen LogP contribution in [0.4, 0.5) is 0 Å². The molecule has 3 rings (SSSR count). The molecule has 1 aromatic carbocycles. The van der Waals surface area contributed by atoms with Gasteiger partial charge in [0.2, 0.25) is 5.75 Å². The lowest BCUT2D eigenvalue weighted by Crippen LogP contribution is -2.35. The maximum absolute atomic E-state index is 5.48. The highest BCUT2D eigenvalue weighted by Gasteiger charge is 2.29. The number of nitrogens with one attached hydrogen (secondary N) is 1. The summed E-state index contributed by atoms with van der Waals surface area (Å²) in [4.78, 5) is 4.94. The smallest absolute Gasteiger partial charge is 0.203 e. The maximum atomic E-state index is 5.48. The Balaban J connectivity index is 1.97. The normalized spacial score (nSPS) is 21.7. The van der Waals surface area contributed by atoms with E-state index in [-0.39, 0.29) is 6.04 Å². The molecule has 0 spiro atoms. The third kappa shape index (κ3) is 3.30. The lowest BCUT2D eigenvalue weighted by Gasteiger charge is -2.32. The van der Waals surface area contributed by atoms with Crippen LogP contribution in [-0.4, -0.2) is 33.2 Å². The van der Waals surface area contributed by atoms with E-state index < -0.39 is 0 Å². The van der Waals surface area contributed by atoms with Gasteiger partial charge in [0.05, 0.1) is 27.4 Å². The SMILES string of the molecule is CCCC1CC=CC2=C1C(C)N=C(c1cc(OC)c(OC)c(OC)c1)N2. The zero-order chi connectivity index (χ0) is 18.7. The summed E-state index contributed by atoms with van der Waals surface area (Å²) in [5, 5.41) is 3.52. The Morgan fingerprint density at radius 3 is 2.38 bits per heavy atom. The highest BCUT2D eigenvalue weighted by molar-refractivity contribution is 6.02. The molecule has 0 saturated heterocycles. The third-order valence-electron chi connectivity index (χ3n) is 5.06. The average Bonchev–Trinajstić information content (AvgIpc) is 2.66. The van der Waals surface area contributed by atoms with Gasteiger partial charge in [-0.1, -0.05) is 19.4 Å². The molecular formula is C21H28N2O3. The van der Waals surface area contributed by atoms with Crippen molar-refractivity contribution in [3.8, 4) is 17.2 Å². The number of allylic oxidation sites excluding steroid dienone is 2. The molecule has 1 aliphatic carbocycles. The molecular weight excluding hydrogens is 328 g/mol. The maximum Gasteiger partial charge on any atom is 0.203 e. The number of benzene rings is 1. The second-order valence-corrected chi connectivity index (χ2v) is 6.69. The molecule has 1 N–H and O–H groups in total. The highest BCUT2D eigenvalue weighted by atomic mass is 16.5. The molecule has 26 heavy (non-hydrogen) atoms. The molecule has 0 saturated carbocycles. The fourth-order valence-electron chi connectivity index (χ4n) is 3.88. The Kier molecular flexibility index (Phi) is 5.55. The van der Waals surface area contributed by atoms with Gasteiger partial charge < -0.3 is 19.5 Å². The van der Waals surface area contributed by atoms with Gasteiger partial charge >= 0.3 is 0 Å². The van der Waals surface area contributed by atoms with Crippen LogP contribution in [0.3, 0.4) is 0 Å². The highest BCUT2D eigenvalue weighted by Crippen LogP contribution is 2.39. The van der Waals surface area contributed by atoms with Crippen molar-refractivity contribution in [1.29, 1.82) is 0 Å². The fraction of sp³-hybridized carbons (Fsp3) is 0.476. The summed E-state index contributed by atoms with van der Waals surface area (Å²) in [5.41, 5.74) is 3.52. The van der Waals surface area contributed by atoms with E-state index in [1.54, 1.807) is 21.3 Å². The van der Waals surface area contributed by atoms with Crippen LogP contribution in [0, 0.1) is 5.92 Å². The van der Waals surface area contributed by atoms with Crippen molar-refractivity contribution in [2.75, 3.05) is 21.3 Å². The minimum absolute atomic E-state index is 0.154. The lowest BCUT2D eigenvalue weighted by atomic mass is 9.82. The topological polar surface area (TPSA) is 52.1 Å². The molecule has 2 atom stereocenters. The van der Waals surface area contributed by atoms with Crippen LogP contribution < -0.4 is 19.5 Å². The molecule has 5 nitrogen and oxygen atoms in total. The summed E-state index contributed by atoms with van der Waals surface area (Å²) >= 11 is 0. The average molecular weight is 356 g/mol. The Labute approximate surface area is 155 Å². The van der Waals surface area contributed by atoms with E-state index in [1.807, 2.05) is 12.1 Å². The Bertz CT molecular complexity index is 740. The molecule has 0 radical (unpaired) electrons. The lowest BCUT2D eigenvalue weighted by molar-refractivity contribution is 0.324. The van der Waals surface area contributed by atoms with Gasteiger partial charge in [-0.25, -0.2) is 0 Å². The first-order chi connectivity index (χ1) is 12.6. The van der Waals surface area contributed by atoms with Crippen molar-refractivity contribution < 1.29 is 14.2 Å².